The van der Waals surface area contributed by atoms with Crippen molar-refractivity contribution in [3.63, 3.8) is 0 Å². The van der Waals surface area contributed by atoms with E-state index in [4.69, 9.17) is 9.47 Å². The molecule has 3 aromatic heterocycles. The summed E-state index contributed by atoms with van der Waals surface area (Å²) in [7, 11) is 0. The quantitative estimate of drug-likeness (QED) is 0.621. The molecule has 0 spiro atoms. The monoisotopic (exact) mass is 449 g/mol. The zero-order valence-corrected chi connectivity index (χ0v) is 18.9. The fourth-order valence-electron chi connectivity index (χ4n) is 4.96. The van der Waals surface area contributed by atoms with E-state index in [1.807, 2.05) is 24.7 Å². The fourth-order valence-corrected chi connectivity index (χ4v) is 4.96. The number of aromatic nitrogens is 4. The number of hydrogen-bond donors (Lipinski definition) is 1. The molecule has 0 radical (unpaired) electrons. The Morgan fingerprint density at radius 3 is 2.82 bits per heavy atom. The maximum atomic E-state index is 13.3. The van der Waals surface area contributed by atoms with Crippen molar-refractivity contribution in [1.29, 1.82) is 0 Å². The molecule has 1 amide bonds. The van der Waals surface area contributed by atoms with Gasteiger partial charge in [-0.1, -0.05) is 6.92 Å². The van der Waals surface area contributed by atoms with Crippen molar-refractivity contribution in [2.75, 3.05) is 11.9 Å². The van der Waals surface area contributed by atoms with Gasteiger partial charge in [0.15, 0.2) is 5.65 Å². The van der Waals surface area contributed by atoms with Gasteiger partial charge in [0.2, 0.25) is 5.88 Å². The van der Waals surface area contributed by atoms with E-state index in [1.165, 1.54) is 0 Å². The van der Waals surface area contributed by atoms with Gasteiger partial charge < -0.3 is 19.4 Å². The van der Waals surface area contributed by atoms with Crippen molar-refractivity contribution in [3.8, 4) is 5.88 Å². The first-order valence-electron chi connectivity index (χ1n) is 11.5. The van der Waals surface area contributed by atoms with E-state index >= 15 is 0 Å². The van der Waals surface area contributed by atoms with Crippen LogP contribution in [0.2, 0.25) is 0 Å². The van der Waals surface area contributed by atoms with Crippen molar-refractivity contribution in [3.05, 3.63) is 46.5 Å². The van der Waals surface area contributed by atoms with Crippen molar-refractivity contribution in [1.82, 2.24) is 19.3 Å². The highest BCUT2D eigenvalue weighted by Gasteiger charge is 2.54. The van der Waals surface area contributed by atoms with Crippen LogP contribution in [0.4, 0.5) is 5.69 Å². The van der Waals surface area contributed by atoms with E-state index in [2.05, 4.69) is 22.3 Å². The summed E-state index contributed by atoms with van der Waals surface area (Å²) in [5, 5.41) is 8.21. The average Bonchev–Trinajstić information content (AvgIpc) is 3.13. The minimum absolute atomic E-state index is 0.109. The molecule has 2 aliphatic heterocycles. The number of hydrogen-bond acceptors (Lipinski definition) is 6. The van der Waals surface area contributed by atoms with Crippen LogP contribution >= 0.6 is 0 Å². The van der Waals surface area contributed by atoms with Gasteiger partial charge in [-0.25, -0.2) is 0 Å². The molecule has 3 aromatic rings. The summed E-state index contributed by atoms with van der Waals surface area (Å²) in [5.74, 6) is 0.245. The predicted octanol–water partition coefficient (Wildman–Crippen LogP) is 3.10. The zero-order valence-electron chi connectivity index (χ0n) is 18.9. The molecular weight excluding hydrogens is 422 g/mol. The Balaban J connectivity index is 1.35. The van der Waals surface area contributed by atoms with Crippen LogP contribution in [-0.4, -0.2) is 44.1 Å². The van der Waals surface area contributed by atoms with Gasteiger partial charge in [0.1, 0.15) is 11.3 Å². The van der Waals surface area contributed by atoms with Crippen molar-refractivity contribution < 1.29 is 14.3 Å². The minimum Gasteiger partial charge on any atom is -0.474 e. The molecule has 0 aromatic carbocycles. The molecule has 33 heavy (non-hydrogen) atoms. The molecule has 9 nitrogen and oxygen atoms in total. The van der Waals surface area contributed by atoms with E-state index < -0.39 is 5.91 Å². The molecule has 2 bridgehead atoms. The Labute approximate surface area is 190 Å². The third-order valence-electron chi connectivity index (χ3n) is 6.99. The Bertz CT molecular complexity index is 1310. The molecule has 172 valence electrons. The van der Waals surface area contributed by atoms with E-state index in [-0.39, 0.29) is 40.4 Å². The Morgan fingerprint density at radius 1 is 1.36 bits per heavy atom. The van der Waals surface area contributed by atoms with Crippen molar-refractivity contribution in [2.45, 2.75) is 63.8 Å². The van der Waals surface area contributed by atoms with E-state index in [1.54, 1.807) is 29.0 Å². The van der Waals surface area contributed by atoms with Gasteiger partial charge in [-0.15, -0.1) is 0 Å². The lowest BCUT2D eigenvalue weighted by Gasteiger charge is -2.35. The smallest absolute Gasteiger partial charge is 0.274 e. The first-order chi connectivity index (χ1) is 15.8. The number of nitrogens with zero attached hydrogens (tertiary/aromatic N) is 4. The van der Waals surface area contributed by atoms with Crippen LogP contribution in [0.3, 0.4) is 0 Å². The van der Waals surface area contributed by atoms with Crippen LogP contribution in [0, 0.1) is 5.92 Å². The number of anilines is 1. The summed E-state index contributed by atoms with van der Waals surface area (Å²) >= 11 is 0. The number of nitrogens with one attached hydrogen (secondary N) is 1. The highest BCUT2D eigenvalue weighted by molar-refractivity contribution is 6.07. The van der Waals surface area contributed by atoms with Crippen LogP contribution in [-0.2, 0) is 10.3 Å². The van der Waals surface area contributed by atoms with E-state index in [0.717, 1.165) is 24.6 Å². The maximum Gasteiger partial charge on any atom is 0.274 e. The molecule has 4 fully saturated rings. The third-order valence-corrected chi connectivity index (χ3v) is 6.99. The molecule has 2 saturated carbocycles. The number of pyridine rings is 2. The predicted molar refractivity (Wildman–Crippen MR) is 122 cm³/mol. The van der Waals surface area contributed by atoms with Gasteiger partial charge >= 0.3 is 0 Å². The van der Waals surface area contributed by atoms with E-state index in [0.29, 0.717) is 24.3 Å². The number of rotatable bonds is 6. The van der Waals surface area contributed by atoms with Gasteiger partial charge in [0.05, 0.1) is 24.4 Å². The normalized spacial score (nSPS) is 27.6. The number of carbonyl (C=O) groups is 1. The van der Waals surface area contributed by atoms with Crippen LogP contribution in [0.1, 0.15) is 56.4 Å². The highest BCUT2D eigenvalue weighted by atomic mass is 16.5. The SMILES string of the molecule is CC(C)Oc1nc2nn(C34COC(C3)C4)cc2cc1C(=O)Nc1cccn([C@@H]2C[C@@H]2C)c1=O. The summed E-state index contributed by atoms with van der Waals surface area (Å²) in [6.07, 6.45) is 6.71. The van der Waals surface area contributed by atoms with Gasteiger partial charge in [-0.3, -0.25) is 14.3 Å². The molecule has 9 heteroatoms. The molecule has 2 saturated heterocycles. The Kier molecular flexibility index (Phi) is 4.42. The number of fused-ring (bicyclic) bond motifs is 2. The number of ether oxygens (including phenoxy) is 2. The number of amides is 1. The highest BCUT2D eigenvalue weighted by Crippen LogP contribution is 2.48. The van der Waals surface area contributed by atoms with Gasteiger partial charge in [-0.2, -0.15) is 10.1 Å². The molecule has 1 N–H and O–H groups in total. The van der Waals surface area contributed by atoms with Crippen LogP contribution in [0.25, 0.3) is 11.0 Å². The molecule has 0 unspecified atom stereocenters. The second-order valence-electron chi connectivity index (χ2n) is 9.93. The standard InChI is InChI=1S/C24H27N5O4/c1-13(2)33-22-17(21(30)25-18-5-4-6-28(23(18)31)19-7-14(19)3)8-15-11-29(27-20(15)26-22)24-9-16(10-24)32-12-24/h4-6,8,11,13-14,16,19H,7,9-10,12H2,1-3H3,(H,25,30)/t14-,16?,19+,24?/m0/s1. The lowest BCUT2D eigenvalue weighted by atomic mass is 9.78. The maximum absolute atomic E-state index is 13.3. The molecule has 2 aliphatic carbocycles. The largest absolute Gasteiger partial charge is 0.474 e. The topological polar surface area (TPSA) is 100 Å². The van der Waals surface area contributed by atoms with Crippen LogP contribution < -0.4 is 15.6 Å². The third kappa shape index (κ3) is 3.33. The first kappa shape index (κ1) is 20.4. The lowest BCUT2D eigenvalue weighted by molar-refractivity contribution is 0.101. The number of carbonyl (C=O) groups excluding carboxylic acids is 1. The average molecular weight is 450 g/mol. The summed E-state index contributed by atoms with van der Waals surface area (Å²) in [6, 6.07) is 5.35. The molecule has 7 rings (SSSR count). The van der Waals surface area contributed by atoms with Crippen LogP contribution in [0.15, 0.2) is 35.4 Å². The summed E-state index contributed by atoms with van der Waals surface area (Å²) in [6.45, 7) is 6.51. The van der Waals surface area contributed by atoms with Crippen molar-refractivity contribution in [2.24, 2.45) is 5.92 Å². The second-order valence-corrected chi connectivity index (χ2v) is 9.93. The molecule has 5 heterocycles. The lowest BCUT2D eigenvalue weighted by Crippen LogP contribution is -2.43. The molecular formula is C24H27N5O4. The van der Waals surface area contributed by atoms with Crippen molar-refractivity contribution >= 4 is 22.6 Å². The summed E-state index contributed by atoms with van der Waals surface area (Å²) in [5.41, 5.74) is 0.736. The van der Waals surface area contributed by atoms with E-state index in [9.17, 15) is 9.59 Å². The molecule has 2 atom stereocenters. The minimum atomic E-state index is -0.433. The van der Waals surface area contributed by atoms with Gasteiger partial charge in [0, 0.05) is 36.7 Å². The van der Waals surface area contributed by atoms with Crippen LogP contribution in [0.5, 0.6) is 5.88 Å². The Hall–Kier alpha value is -3.20. The second kappa shape index (κ2) is 7.15. The zero-order chi connectivity index (χ0) is 22.9. The fraction of sp³-hybridized carbons (Fsp3) is 0.500. The molecule has 4 aliphatic rings. The summed E-state index contributed by atoms with van der Waals surface area (Å²) in [4.78, 5) is 30.8. The van der Waals surface area contributed by atoms with Gasteiger partial charge in [-0.05, 0) is 44.4 Å². The van der Waals surface area contributed by atoms with Gasteiger partial charge in [0.25, 0.3) is 11.5 Å². The Morgan fingerprint density at radius 2 is 2.15 bits per heavy atom. The first-order valence-corrected chi connectivity index (χ1v) is 11.5. The summed E-state index contributed by atoms with van der Waals surface area (Å²) < 4.78 is 15.2.